The van der Waals surface area contributed by atoms with Gasteiger partial charge < -0.3 is 19.9 Å². The van der Waals surface area contributed by atoms with Crippen molar-refractivity contribution in [1.82, 2.24) is 39.9 Å². The minimum atomic E-state index is -0.256. The third kappa shape index (κ3) is 18.8. The molecule has 12 heteroatoms. The maximum atomic E-state index is 9.96. The monoisotopic (exact) mass is 1820 g/mol. The number of hydrogen-bond acceptors (Lipinski definition) is 8. The van der Waals surface area contributed by atoms with Gasteiger partial charge in [-0.15, -0.1) is 0 Å². The molecule has 0 saturated heterocycles. The van der Waals surface area contributed by atoms with E-state index < -0.39 is 0 Å². The molecule has 0 amide bonds. The Kier molecular flexibility index (Phi) is 23.8. The van der Waals surface area contributed by atoms with Gasteiger partial charge in [0, 0.05) is 111 Å². The van der Waals surface area contributed by atoms with E-state index in [1.807, 2.05) is 24.3 Å². The Labute approximate surface area is 824 Å². The minimum Gasteiger partial charge on any atom is -0.354 e. The van der Waals surface area contributed by atoms with E-state index in [1.165, 1.54) is 44.5 Å². The second kappa shape index (κ2) is 35.2. The van der Waals surface area contributed by atoms with Crippen LogP contribution in [-0.2, 0) is 43.3 Å². The lowest BCUT2D eigenvalue weighted by atomic mass is 9.78. The van der Waals surface area contributed by atoms with E-state index in [-0.39, 0.29) is 54.4 Å². The Morgan fingerprint density at radius 3 is 0.543 bits per heavy atom. The number of H-pyrrole nitrogens is 4. The van der Waals surface area contributed by atoms with Crippen LogP contribution in [0.15, 0.2) is 206 Å². The van der Waals surface area contributed by atoms with Crippen molar-refractivity contribution >= 4 is 92.7 Å². The van der Waals surface area contributed by atoms with Crippen LogP contribution in [0.25, 0.3) is 171 Å². The van der Waals surface area contributed by atoms with Gasteiger partial charge in [0.25, 0.3) is 0 Å². The number of aromatic nitrogens is 8. The fourth-order valence-electron chi connectivity index (χ4n) is 18.7. The van der Waals surface area contributed by atoms with Crippen LogP contribution in [0.2, 0.25) is 0 Å². The van der Waals surface area contributed by atoms with Gasteiger partial charge in [0.2, 0.25) is 0 Å². The summed E-state index contributed by atoms with van der Waals surface area (Å²) in [7, 11) is 0. The summed E-state index contributed by atoms with van der Waals surface area (Å²) >= 11 is 0. The van der Waals surface area contributed by atoms with Gasteiger partial charge in [0.1, 0.15) is 24.3 Å². The molecule has 690 valence electrons. The molecule has 0 atom stereocenters. The standard InChI is InChI=1S/C128H118N12/c1-121(2,3)89-59-83(60-90(67-89)122(4,5)6)115-101-45-41-97(133-101)113(79-35-29-75(30-36-79)25-27-77-33-39-81(71-129)87(57-77)73-131)98-42-46-102(134-98)116(84-61-91(123(7,8)9)68-92(62-84)124(10,11)12)106-50-54-110(138-106)119(109-53-49-105(115)137-109)120-111-55-51-107(139-111)117(85-63-93(125(13,14)15)69-94(64-85)126(16,17)18)103-47-43-99(135-103)114(80-37-31-76(32-38-80)26-28-78-34-40-82(72-130)88(58-78)74-132)100-44-48-104(136-100)118(108-52-56-112(120)140-108)86-65-95(127(19,20)21)70-96(66-86)128(22,23)24/h29-70,133,135,138,140H,1-24H3. The normalized spacial score (nSPS) is 12.7. The van der Waals surface area contributed by atoms with Crippen molar-refractivity contribution in [2.75, 3.05) is 0 Å². The topological polar surface area (TPSA) is 210 Å². The van der Waals surface area contributed by atoms with E-state index in [9.17, 15) is 21.0 Å². The lowest BCUT2D eigenvalue weighted by molar-refractivity contribution is 0.568. The first kappa shape index (κ1) is 94.4. The number of benzene rings is 8. The molecule has 0 radical (unpaired) electrons. The average molecular weight is 1820 g/mol. The highest BCUT2D eigenvalue weighted by molar-refractivity contribution is 6.07. The summed E-state index contributed by atoms with van der Waals surface area (Å²) in [6.45, 7) is 55.0. The predicted octanol–water partition coefficient (Wildman–Crippen LogP) is 32.0. The molecule has 140 heavy (non-hydrogen) atoms. The zero-order valence-corrected chi connectivity index (χ0v) is 84.8. The van der Waals surface area contributed by atoms with E-state index in [4.69, 9.17) is 19.9 Å². The number of aromatic amines is 4. The van der Waals surface area contributed by atoms with Crippen LogP contribution in [0, 0.1) is 69.0 Å². The van der Waals surface area contributed by atoms with Crippen molar-refractivity contribution in [3.8, 4) is 126 Å². The number of nitriles is 4. The summed E-state index contributed by atoms with van der Waals surface area (Å²) in [6, 6.07) is 81.5. The summed E-state index contributed by atoms with van der Waals surface area (Å²) in [5, 5.41) is 39.5. The summed E-state index contributed by atoms with van der Waals surface area (Å²) < 4.78 is 0. The first-order valence-corrected chi connectivity index (χ1v) is 48.3. The van der Waals surface area contributed by atoms with E-state index in [2.05, 4.69) is 428 Å². The number of nitrogens with one attached hydrogen (secondary N) is 4. The van der Waals surface area contributed by atoms with Crippen molar-refractivity contribution in [3.63, 3.8) is 0 Å². The zero-order chi connectivity index (χ0) is 99.6. The number of hydrogen-bond donors (Lipinski definition) is 4. The highest BCUT2D eigenvalue weighted by Gasteiger charge is 2.32. The van der Waals surface area contributed by atoms with Gasteiger partial charge >= 0.3 is 0 Å². The third-order valence-corrected chi connectivity index (χ3v) is 27.1. The molecule has 16 bridgehead atoms. The second-order valence-electron chi connectivity index (χ2n) is 45.8. The first-order valence-electron chi connectivity index (χ1n) is 48.3. The van der Waals surface area contributed by atoms with Crippen molar-refractivity contribution < 1.29 is 0 Å². The number of nitrogens with zero attached hydrogens (tertiary/aromatic N) is 8. The fourth-order valence-corrected chi connectivity index (χ4v) is 18.7. The largest absolute Gasteiger partial charge is 0.354 e. The quantitative estimate of drug-likeness (QED) is 0.113. The molecule has 0 fully saturated rings. The number of fused-ring (bicyclic) bond motifs is 16. The van der Waals surface area contributed by atoms with E-state index in [0.29, 0.717) is 33.6 Å². The molecule has 0 aliphatic carbocycles. The van der Waals surface area contributed by atoms with Gasteiger partial charge in [-0.1, -0.05) is 287 Å². The van der Waals surface area contributed by atoms with Crippen molar-refractivity contribution in [1.29, 1.82) is 21.0 Å². The van der Waals surface area contributed by atoms with Crippen molar-refractivity contribution in [3.05, 3.63) is 341 Å². The summed E-state index contributed by atoms with van der Waals surface area (Å²) in [4.78, 5) is 41.0. The fraction of sp³-hybridized carbons (Fsp3) is 0.250. The van der Waals surface area contributed by atoms with E-state index in [0.717, 1.165) is 167 Å². The molecule has 4 aliphatic rings. The van der Waals surface area contributed by atoms with Crippen LogP contribution in [0.1, 0.15) is 301 Å². The molecular weight excluding hydrogens is 1710 g/mol. The van der Waals surface area contributed by atoms with E-state index >= 15 is 0 Å². The lowest BCUT2D eigenvalue weighted by Crippen LogP contribution is -2.16. The maximum absolute atomic E-state index is 9.96. The van der Waals surface area contributed by atoms with Gasteiger partial charge in [-0.2, -0.15) is 21.0 Å². The Bertz CT molecular complexity index is 7620. The molecule has 4 aliphatic heterocycles. The van der Waals surface area contributed by atoms with Gasteiger partial charge in [0.15, 0.2) is 0 Å². The second-order valence-corrected chi connectivity index (χ2v) is 45.8. The number of rotatable bonds is 7. The minimum absolute atomic E-state index is 0.256. The molecule has 14 aromatic rings. The van der Waals surface area contributed by atoms with Crippen LogP contribution in [0.5, 0.6) is 0 Å². The molecule has 0 saturated carbocycles. The van der Waals surface area contributed by atoms with Crippen LogP contribution in [-0.4, -0.2) is 39.9 Å². The summed E-state index contributed by atoms with van der Waals surface area (Å²) in [6.07, 6.45) is 17.5. The molecule has 8 aromatic carbocycles. The van der Waals surface area contributed by atoms with Gasteiger partial charge in [-0.05, 0) is 279 Å². The van der Waals surface area contributed by atoms with Crippen LogP contribution in [0.4, 0.5) is 0 Å². The molecule has 4 N–H and O–H groups in total. The average Bonchev–Trinajstić information content (AvgIpc) is 1.59. The van der Waals surface area contributed by atoms with Crippen LogP contribution >= 0.6 is 0 Å². The Hall–Kier alpha value is -16.0. The van der Waals surface area contributed by atoms with Crippen molar-refractivity contribution in [2.45, 2.75) is 209 Å². The van der Waals surface area contributed by atoms with Crippen LogP contribution < -0.4 is 0 Å². The highest BCUT2D eigenvalue weighted by atomic mass is 14.8. The Balaban J connectivity index is 1.01. The van der Waals surface area contributed by atoms with Crippen molar-refractivity contribution in [2.24, 2.45) is 0 Å². The molecular formula is C128H118N12. The molecule has 0 spiro atoms. The Morgan fingerprint density at radius 2 is 0.350 bits per heavy atom. The first-order chi connectivity index (χ1) is 66.1. The van der Waals surface area contributed by atoms with Gasteiger partial charge in [-0.3, -0.25) is 0 Å². The Morgan fingerprint density at radius 1 is 0.179 bits per heavy atom. The van der Waals surface area contributed by atoms with E-state index in [1.54, 1.807) is 36.4 Å². The molecule has 0 unspecified atom stereocenters. The van der Waals surface area contributed by atoms with Crippen LogP contribution in [0.3, 0.4) is 0 Å². The van der Waals surface area contributed by atoms with Gasteiger partial charge in [0.05, 0.1) is 67.8 Å². The molecule has 18 rings (SSSR count). The lowest BCUT2D eigenvalue weighted by Gasteiger charge is -2.26. The predicted molar refractivity (Wildman–Crippen MR) is 583 cm³/mol. The molecule has 12 nitrogen and oxygen atoms in total. The third-order valence-electron chi connectivity index (χ3n) is 27.1. The maximum Gasteiger partial charge on any atom is 0.101 e. The summed E-state index contributed by atoms with van der Waals surface area (Å²) in [5.74, 6) is 13.2. The SMILES string of the molecule is CC(C)(C)c1cc(-c2c3nc(c(-c4c5nc(c(-c6cc(C(C)(C)C)cc(C(C)(C)C)c6)c6ccc([nH]6)c(-c6ccc(C#Cc7ccc(C#N)c(C#N)c7)cc6)c6nc(c(-c7cc(C(C)(C)C)cc(C(C)(C)C)c7)c7ccc4[nH]7)C=C6)C=C5)c4ccc([nH]4)c(-c4cc(C(C)(C)C)cc(C(C)(C)C)c4)c4nc(c(-c5ccc(C#Cc6ccc(C#N)c(C#N)c6)cc5)c5ccc2[nH]5)C=C4)C=C3)cc(C(C)(C)C)c1. The highest BCUT2D eigenvalue weighted by Crippen LogP contribution is 2.49. The zero-order valence-electron chi connectivity index (χ0n) is 84.8. The smallest absolute Gasteiger partial charge is 0.101 e. The molecule has 10 heterocycles. The van der Waals surface area contributed by atoms with Gasteiger partial charge in [-0.25, -0.2) is 19.9 Å². The molecule has 6 aromatic heterocycles. The summed E-state index contributed by atoms with van der Waals surface area (Å²) in [5.41, 5.74) is 36.9.